The van der Waals surface area contributed by atoms with Gasteiger partial charge >= 0.3 is 0 Å². The van der Waals surface area contributed by atoms with Crippen molar-refractivity contribution in [2.75, 3.05) is 11.9 Å². The zero-order valence-electron chi connectivity index (χ0n) is 20.9. The van der Waals surface area contributed by atoms with Gasteiger partial charge in [0.25, 0.3) is 0 Å². The summed E-state index contributed by atoms with van der Waals surface area (Å²) in [5, 5.41) is 28.8. The van der Waals surface area contributed by atoms with Crippen LogP contribution in [0.1, 0.15) is 76.3 Å². The number of rotatable bonds is 2. The number of nitrogens with one attached hydrogen (secondary N) is 1. The summed E-state index contributed by atoms with van der Waals surface area (Å²) in [7, 11) is 0. The van der Waals surface area contributed by atoms with Gasteiger partial charge in [-0.2, -0.15) is 0 Å². The molecule has 3 N–H and O–H groups in total. The molecule has 6 fully saturated rings. The molecule has 0 aromatic carbocycles. The van der Waals surface area contributed by atoms with Gasteiger partial charge in [-0.1, -0.05) is 38.7 Å². The standard InChI is InChI=1S/C28H36N2O4S/c1-13-15-9-10-17-26-12-34-28(33,27(17)19(15)18(13)22(27)31)23(32)20(26)25(2,3)11-16-21(26)30-24(35-16)29-14-7-5-4-6-8-14/h14-15,17,19-20,23,32-33H,4-12H2,1-3H3,(H,29,30). The number of aromatic nitrogens is 1. The molecular weight excluding hydrogens is 460 g/mol. The second kappa shape index (κ2) is 6.40. The van der Waals surface area contributed by atoms with Crippen LogP contribution in [0.25, 0.3) is 0 Å². The molecule has 6 aliphatic carbocycles. The zero-order chi connectivity index (χ0) is 24.1. The second-order valence-corrected chi connectivity index (χ2v) is 14.5. The van der Waals surface area contributed by atoms with Crippen molar-refractivity contribution < 1.29 is 19.7 Å². The molecule has 2 spiro atoms. The Labute approximate surface area is 210 Å². The zero-order valence-corrected chi connectivity index (χ0v) is 21.7. The lowest BCUT2D eigenvalue weighted by Crippen LogP contribution is -2.90. The molecule has 8 atom stereocenters. The number of hydrogen-bond donors (Lipinski definition) is 3. The number of ether oxygens (including phenoxy) is 1. The third-order valence-electron chi connectivity index (χ3n) is 11.7. The van der Waals surface area contributed by atoms with Crippen LogP contribution in [0.5, 0.6) is 0 Å². The Bertz CT molecular complexity index is 1200. The van der Waals surface area contributed by atoms with E-state index in [0.717, 1.165) is 35.7 Å². The lowest BCUT2D eigenvalue weighted by Gasteiger charge is -2.80. The molecule has 2 aliphatic heterocycles. The van der Waals surface area contributed by atoms with E-state index in [4.69, 9.17) is 9.72 Å². The van der Waals surface area contributed by atoms with Crippen LogP contribution in [0, 0.1) is 34.5 Å². The number of Topliss-reactive ketones (excluding diaryl/α,β-unsaturated/α-hetero) is 1. The summed E-state index contributed by atoms with van der Waals surface area (Å²) in [5.74, 6) is -1.64. The molecule has 1 aromatic rings. The maximum absolute atomic E-state index is 13.9. The minimum absolute atomic E-state index is 0.0264. The van der Waals surface area contributed by atoms with Gasteiger partial charge in [0.05, 0.1) is 12.3 Å². The first-order chi connectivity index (χ1) is 16.7. The highest BCUT2D eigenvalue weighted by Gasteiger charge is 2.89. The van der Waals surface area contributed by atoms with Crippen LogP contribution in [-0.2, 0) is 21.4 Å². The maximum atomic E-state index is 13.9. The lowest BCUT2D eigenvalue weighted by atomic mass is 9.26. The van der Waals surface area contributed by atoms with Crippen molar-refractivity contribution in [3.8, 4) is 0 Å². The number of nitrogens with zero attached hydrogens (tertiary/aromatic N) is 1. The summed E-state index contributed by atoms with van der Waals surface area (Å²) in [6, 6.07) is 0.475. The molecule has 4 saturated carbocycles. The smallest absolute Gasteiger partial charge is 0.206 e. The van der Waals surface area contributed by atoms with Gasteiger partial charge in [0.15, 0.2) is 10.9 Å². The molecule has 188 valence electrons. The molecule has 9 rings (SSSR count). The summed E-state index contributed by atoms with van der Waals surface area (Å²) < 4.78 is 6.32. The van der Waals surface area contributed by atoms with Gasteiger partial charge in [0, 0.05) is 33.7 Å². The van der Waals surface area contributed by atoms with Gasteiger partial charge in [0.2, 0.25) is 5.79 Å². The molecule has 0 amide bonds. The van der Waals surface area contributed by atoms with E-state index in [1.807, 2.05) is 0 Å². The van der Waals surface area contributed by atoms with Gasteiger partial charge in [0.1, 0.15) is 11.5 Å². The summed E-state index contributed by atoms with van der Waals surface area (Å²) in [4.78, 5) is 20.5. The first-order valence-electron chi connectivity index (χ1n) is 13.7. The van der Waals surface area contributed by atoms with Crippen LogP contribution in [0.3, 0.4) is 0 Å². The van der Waals surface area contributed by atoms with Crippen molar-refractivity contribution in [2.24, 2.45) is 34.5 Å². The van der Waals surface area contributed by atoms with E-state index in [2.05, 4.69) is 26.1 Å². The number of fused-ring (bicyclic) bond motifs is 2. The molecule has 7 heteroatoms. The molecular formula is C28H36N2O4S. The molecule has 1 aromatic heterocycles. The van der Waals surface area contributed by atoms with Crippen LogP contribution in [0.15, 0.2) is 11.1 Å². The van der Waals surface area contributed by atoms with Crippen molar-refractivity contribution >= 4 is 22.3 Å². The normalized spacial score (nSPS) is 48.8. The van der Waals surface area contributed by atoms with Crippen molar-refractivity contribution in [3.63, 3.8) is 0 Å². The Balaban J connectivity index is 1.31. The number of carbonyl (C=O) groups excluding carboxylic acids is 1. The highest BCUT2D eigenvalue weighted by Crippen LogP contribution is 2.82. The van der Waals surface area contributed by atoms with Crippen molar-refractivity contribution in [1.82, 2.24) is 4.98 Å². The van der Waals surface area contributed by atoms with E-state index < -0.39 is 22.7 Å². The maximum Gasteiger partial charge on any atom is 0.206 e. The Kier molecular flexibility index (Phi) is 3.98. The molecule has 6 nitrogen and oxygen atoms in total. The molecule has 3 heterocycles. The van der Waals surface area contributed by atoms with E-state index in [9.17, 15) is 15.0 Å². The first-order valence-corrected chi connectivity index (χ1v) is 14.6. The average Bonchev–Trinajstić information content (AvgIpc) is 3.21. The number of hydrogen-bond acceptors (Lipinski definition) is 7. The number of aliphatic hydroxyl groups excluding tert-OH is 1. The second-order valence-electron chi connectivity index (χ2n) is 13.4. The number of thiazole rings is 1. The summed E-state index contributed by atoms with van der Waals surface area (Å²) in [6.45, 7) is 6.87. The third kappa shape index (κ3) is 2.12. The average molecular weight is 497 g/mol. The number of anilines is 1. The fourth-order valence-corrected chi connectivity index (χ4v) is 11.9. The molecule has 2 bridgehead atoms. The van der Waals surface area contributed by atoms with Gasteiger partial charge in [-0.15, -0.1) is 11.3 Å². The Morgan fingerprint density at radius 2 is 1.91 bits per heavy atom. The predicted molar refractivity (Wildman–Crippen MR) is 132 cm³/mol. The minimum atomic E-state index is -1.80. The molecule has 2 saturated heterocycles. The van der Waals surface area contributed by atoms with Crippen molar-refractivity contribution in [1.29, 1.82) is 0 Å². The number of allylic oxidation sites excluding steroid dienone is 2. The van der Waals surface area contributed by atoms with E-state index in [1.165, 1.54) is 42.6 Å². The Morgan fingerprint density at radius 1 is 1.14 bits per heavy atom. The van der Waals surface area contributed by atoms with E-state index in [-0.39, 0.29) is 29.0 Å². The van der Waals surface area contributed by atoms with E-state index in [1.54, 1.807) is 11.3 Å². The third-order valence-corrected chi connectivity index (χ3v) is 12.7. The van der Waals surface area contributed by atoms with Crippen LogP contribution in [0.2, 0.25) is 0 Å². The van der Waals surface area contributed by atoms with E-state index >= 15 is 0 Å². The highest BCUT2D eigenvalue weighted by molar-refractivity contribution is 7.15. The van der Waals surface area contributed by atoms with Crippen LogP contribution in [-0.4, -0.2) is 45.5 Å². The number of aliphatic hydroxyl groups is 2. The number of ketones is 1. The lowest BCUT2D eigenvalue weighted by molar-refractivity contribution is -0.436. The van der Waals surface area contributed by atoms with Crippen molar-refractivity contribution in [3.05, 3.63) is 21.7 Å². The summed E-state index contributed by atoms with van der Waals surface area (Å²) >= 11 is 1.77. The van der Waals surface area contributed by atoms with Gasteiger partial charge in [-0.05, 0) is 56.3 Å². The van der Waals surface area contributed by atoms with Crippen LogP contribution in [0.4, 0.5) is 5.13 Å². The topological polar surface area (TPSA) is 91.7 Å². The van der Waals surface area contributed by atoms with Gasteiger partial charge in [-0.25, -0.2) is 4.98 Å². The fraction of sp³-hybridized carbons (Fsp3) is 0.786. The van der Waals surface area contributed by atoms with Gasteiger partial charge < -0.3 is 20.3 Å². The molecule has 35 heavy (non-hydrogen) atoms. The predicted octanol–water partition coefficient (Wildman–Crippen LogP) is 3.96. The Morgan fingerprint density at radius 3 is 2.69 bits per heavy atom. The monoisotopic (exact) mass is 496 g/mol. The van der Waals surface area contributed by atoms with Crippen LogP contribution >= 0.6 is 11.3 Å². The molecule has 8 unspecified atom stereocenters. The minimum Gasteiger partial charge on any atom is -0.387 e. The summed E-state index contributed by atoms with van der Waals surface area (Å²) in [6.07, 6.45) is 7.90. The largest absolute Gasteiger partial charge is 0.387 e. The SMILES string of the molecule is CC1=C2C(=O)C34C2C1CCC3C12COC4(O)C(O)C1C(C)(C)Cc1sc(NC3CCCCC3)nc12. The van der Waals surface area contributed by atoms with Gasteiger partial charge in [-0.3, -0.25) is 4.79 Å². The Hall–Kier alpha value is -1.28. The summed E-state index contributed by atoms with van der Waals surface area (Å²) in [5.41, 5.74) is 1.37. The van der Waals surface area contributed by atoms with Crippen LogP contribution < -0.4 is 5.32 Å². The first kappa shape index (κ1) is 21.8. The quantitative estimate of drug-likeness (QED) is 0.574. The van der Waals surface area contributed by atoms with Crippen molar-refractivity contribution in [2.45, 2.75) is 95.5 Å². The fourth-order valence-electron chi connectivity index (χ4n) is 10.5. The van der Waals surface area contributed by atoms with E-state index in [0.29, 0.717) is 18.6 Å². The molecule has 8 aliphatic rings. The number of carbonyl (C=O) groups is 1. The highest BCUT2D eigenvalue weighted by atomic mass is 32.1. The molecule has 0 radical (unpaired) electrons.